The molecule has 0 aromatic carbocycles. The summed E-state index contributed by atoms with van der Waals surface area (Å²) in [6.07, 6.45) is -1.21. The van der Waals surface area contributed by atoms with Gasteiger partial charge in [-0.25, -0.2) is 0 Å². The Labute approximate surface area is 105 Å². The summed E-state index contributed by atoms with van der Waals surface area (Å²) in [5.41, 5.74) is -0.573. The van der Waals surface area contributed by atoms with E-state index in [9.17, 15) is 18.4 Å². The third-order valence-electron chi connectivity index (χ3n) is 3.39. The Morgan fingerprint density at radius 2 is 2.22 bits per heavy atom. The minimum absolute atomic E-state index is 0.0546. The average molecular weight is 264 g/mol. The van der Waals surface area contributed by atoms with Crippen LogP contribution in [0.2, 0.25) is 0 Å². The van der Waals surface area contributed by atoms with Crippen molar-refractivity contribution in [2.45, 2.75) is 44.3 Å². The summed E-state index contributed by atoms with van der Waals surface area (Å²) in [4.78, 5) is 0. The zero-order valence-corrected chi connectivity index (χ0v) is 10.5. The lowest BCUT2D eigenvalue weighted by Gasteiger charge is -2.29. The van der Waals surface area contributed by atoms with Gasteiger partial charge >= 0.3 is 6.18 Å². The second kappa shape index (κ2) is 6.39. The van der Waals surface area contributed by atoms with E-state index in [0.717, 1.165) is 19.3 Å². The van der Waals surface area contributed by atoms with Crippen LogP contribution in [0, 0.1) is 17.2 Å². The zero-order chi connectivity index (χ0) is 13.6. The molecule has 1 fully saturated rings. The van der Waals surface area contributed by atoms with Gasteiger partial charge in [0.1, 0.15) is 12.1 Å². The van der Waals surface area contributed by atoms with Crippen molar-refractivity contribution < 1.29 is 17.9 Å². The van der Waals surface area contributed by atoms with Crippen LogP contribution >= 0.6 is 0 Å². The monoisotopic (exact) mass is 264 g/mol. The quantitative estimate of drug-likeness (QED) is 0.750. The van der Waals surface area contributed by atoms with Gasteiger partial charge in [-0.05, 0) is 31.7 Å². The number of halogens is 3. The van der Waals surface area contributed by atoms with Gasteiger partial charge in [-0.2, -0.15) is 18.4 Å². The highest BCUT2D eigenvalue weighted by atomic mass is 19.4. The Morgan fingerprint density at radius 1 is 1.50 bits per heavy atom. The van der Waals surface area contributed by atoms with Crippen LogP contribution < -0.4 is 5.32 Å². The molecule has 1 aliphatic carbocycles. The lowest BCUT2D eigenvalue weighted by molar-refractivity contribution is -0.174. The SMILES string of the molecule is CCNC1(C#N)CCCC1CCOCC(F)(F)F. The number of nitrogens with zero attached hydrogens (tertiary/aromatic N) is 1. The first kappa shape index (κ1) is 15.3. The number of ether oxygens (including phenoxy) is 1. The standard InChI is InChI=1S/C12H19F3N2O/c1-2-17-11(8-16)6-3-4-10(11)5-7-18-9-12(13,14)15/h10,17H,2-7,9H2,1H3. The second-order valence-corrected chi connectivity index (χ2v) is 4.66. The normalized spacial score (nSPS) is 28.3. The Balaban J connectivity index is 2.39. The summed E-state index contributed by atoms with van der Waals surface area (Å²) in [6, 6.07) is 2.30. The summed E-state index contributed by atoms with van der Waals surface area (Å²) >= 11 is 0. The van der Waals surface area contributed by atoms with Crippen LogP contribution in [0.5, 0.6) is 0 Å². The van der Waals surface area contributed by atoms with Gasteiger partial charge in [-0.15, -0.1) is 0 Å². The van der Waals surface area contributed by atoms with E-state index in [1.807, 2.05) is 6.92 Å². The van der Waals surface area contributed by atoms with E-state index < -0.39 is 18.3 Å². The third kappa shape index (κ3) is 4.14. The molecule has 6 heteroatoms. The summed E-state index contributed by atoms with van der Waals surface area (Å²) in [5.74, 6) is 0.0793. The summed E-state index contributed by atoms with van der Waals surface area (Å²) < 4.78 is 40.3. The fourth-order valence-corrected chi connectivity index (χ4v) is 2.62. The molecule has 1 rings (SSSR count). The number of hydrogen-bond donors (Lipinski definition) is 1. The van der Waals surface area contributed by atoms with E-state index in [1.165, 1.54) is 0 Å². The minimum Gasteiger partial charge on any atom is -0.372 e. The molecule has 1 N–H and O–H groups in total. The molecule has 0 heterocycles. The predicted octanol–water partition coefficient (Wildman–Crippen LogP) is 2.63. The lowest BCUT2D eigenvalue weighted by Crippen LogP contribution is -2.47. The van der Waals surface area contributed by atoms with Gasteiger partial charge in [0.15, 0.2) is 0 Å². The fourth-order valence-electron chi connectivity index (χ4n) is 2.62. The van der Waals surface area contributed by atoms with Crippen LogP contribution in [0.3, 0.4) is 0 Å². The maximum atomic E-state index is 11.9. The summed E-state index contributed by atoms with van der Waals surface area (Å²) in [7, 11) is 0. The molecule has 0 spiro atoms. The molecular weight excluding hydrogens is 245 g/mol. The number of rotatable bonds is 6. The van der Waals surface area contributed by atoms with Crippen LogP contribution in [0.4, 0.5) is 13.2 Å². The highest BCUT2D eigenvalue weighted by molar-refractivity contribution is 5.13. The first-order valence-corrected chi connectivity index (χ1v) is 6.24. The predicted molar refractivity (Wildman–Crippen MR) is 60.9 cm³/mol. The average Bonchev–Trinajstić information content (AvgIpc) is 2.68. The lowest BCUT2D eigenvalue weighted by atomic mass is 9.86. The molecule has 2 atom stereocenters. The van der Waals surface area contributed by atoms with Crippen molar-refractivity contribution in [3.05, 3.63) is 0 Å². The first-order valence-electron chi connectivity index (χ1n) is 6.24. The topological polar surface area (TPSA) is 45.0 Å². The molecule has 18 heavy (non-hydrogen) atoms. The van der Waals surface area contributed by atoms with Crippen molar-refractivity contribution in [2.24, 2.45) is 5.92 Å². The Bertz CT molecular complexity index is 301. The zero-order valence-electron chi connectivity index (χ0n) is 10.5. The molecule has 1 saturated carbocycles. The summed E-state index contributed by atoms with van der Waals surface area (Å²) in [6.45, 7) is 1.46. The van der Waals surface area contributed by atoms with E-state index in [2.05, 4.69) is 16.1 Å². The van der Waals surface area contributed by atoms with Gasteiger partial charge in [-0.3, -0.25) is 5.32 Å². The molecule has 3 nitrogen and oxygen atoms in total. The molecule has 1 aliphatic rings. The van der Waals surface area contributed by atoms with Crippen LogP contribution in [0.1, 0.15) is 32.6 Å². The Kier molecular flexibility index (Phi) is 5.42. The van der Waals surface area contributed by atoms with Crippen LogP contribution in [0.25, 0.3) is 0 Å². The number of alkyl halides is 3. The number of nitrogens with one attached hydrogen (secondary N) is 1. The molecule has 0 aromatic heterocycles. The molecule has 104 valence electrons. The van der Waals surface area contributed by atoms with Gasteiger partial charge in [0.05, 0.1) is 6.07 Å². The molecule has 0 amide bonds. The Hall–Kier alpha value is -0.800. The van der Waals surface area contributed by atoms with Crippen LogP contribution in [-0.4, -0.2) is 31.5 Å². The maximum absolute atomic E-state index is 11.9. The highest BCUT2D eigenvalue weighted by Crippen LogP contribution is 2.37. The molecule has 0 bridgehead atoms. The van der Waals surface area contributed by atoms with E-state index in [0.29, 0.717) is 13.0 Å². The fraction of sp³-hybridized carbons (Fsp3) is 0.917. The van der Waals surface area contributed by atoms with Crippen molar-refractivity contribution in [3.8, 4) is 6.07 Å². The minimum atomic E-state index is -4.27. The molecule has 0 aromatic rings. The van der Waals surface area contributed by atoms with Crippen molar-refractivity contribution >= 4 is 0 Å². The van der Waals surface area contributed by atoms with E-state index in [1.54, 1.807) is 0 Å². The van der Waals surface area contributed by atoms with Crippen LogP contribution in [-0.2, 0) is 4.74 Å². The molecular formula is C12H19F3N2O. The molecule has 0 radical (unpaired) electrons. The van der Waals surface area contributed by atoms with Crippen molar-refractivity contribution in [1.82, 2.24) is 5.32 Å². The van der Waals surface area contributed by atoms with Crippen molar-refractivity contribution in [1.29, 1.82) is 5.26 Å². The van der Waals surface area contributed by atoms with Crippen molar-refractivity contribution in [3.63, 3.8) is 0 Å². The van der Waals surface area contributed by atoms with Gasteiger partial charge < -0.3 is 4.74 Å². The van der Waals surface area contributed by atoms with Gasteiger partial charge in [0, 0.05) is 6.61 Å². The van der Waals surface area contributed by atoms with Gasteiger partial charge in [0.25, 0.3) is 0 Å². The second-order valence-electron chi connectivity index (χ2n) is 4.66. The maximum Gasteiger partial charge on any atom is 0.411 e. The van der Waals surface area contributed by atoms with E-state index >= 15 is 0 Å². The third-order valence-corrected chi connectivity index (χ3v) is 3.39. The van der Waals surface area contributed by atoms with Crippen molar-refractivity contribution in [2.75, 3.05) is 19.8 Å². The van der Waals surface area contributed by atoms with Gasteiger partial charge in [-0.1, -0.05) is 13.3 Å². The number of hydrogen-bond acceptors (Lipinski definition) is 3. The number of nitriles is 1. The van der Waals surface area contributed by atoms with E-state index in [4.69, 9.17) is 0 Å². The Morgan fingerprint density at radius 3 is 2.78 bits per heavy atom. The van der Waals surface area contributed by atoms with Gasteiger partial charge in [0.2, 0.25) is 0 Å². The largest absolute Gasteiger partial charge is 0.411 e. The smallest absolute Gasteiger partial charge is 0.372 e. The van der Waals surface area contributed by atoms with E-state index in [-0.39, 0.29) is 12.5 Å². The molecule has 0 saturated heterocycles. The first-order chi connectivity index (χ1) is 8.43. The van der Waals surface area contributed by atoms with Crippen LogP contribution in [0.15, 0.2) is 0 Å². The molecule has 0 aliphatic heterocycles. The molecule has 2 unspecified atom stereocenters. The summed E-state index contributed by atoms with van der Waals surface area (Å²) in [5, 5.41) is 12.4. The highest BCUT2D eigenvalue weighted by Gasteiger charge is 2.42.